The number of rotatable bonds is 12. The Labute approximate surface area is 330 Å². The Bertz CT molecular complexity index is 2570. The highest BCUT2D eigenvalue weighted by molar-refractivity contribution is 6.09. The molecule has 0 aliphatic carbocycles. The van der Waals surface area contributed by atoms with E-state index in [4.69, 9.17) is 20.0 Å². The van der Waals surface area contributed by atoms with E-state index in [1.165, 1.54) is 0 Å². The van der Waals surface area contributed by atoms with E-state index in [9.17, 15) is 0 Å². The first kappa shape index (κ1) is 37.0. The van der Waals surface area contributed by atoms with Crippen LogP contribution in [0.25, 0.3) is 55.9 Å². The number of hydrogen-bond acceptors (Lipinski definition) is 4. The highest BCUT2D eigenvalue weighted by Crippen LogP contribution is 2.40. The molecule has 0 N–H and O–H groups in total. The number of benzene rings is 5. The Morgan fingerprint density at radius 2 is 0.964 bits per heavy atom. The van der Waals surface area contributed by atoms with Crippen molar-refractivity contribution in [2.45, 2.75) is 13.8 Å². The number of allylic oxidation sites excluding steroid dienone is 4. The summed E-state index contributed by atoms with van der Waals surface area (Å²) >= 11 is 0. The third-order valence-electron chi connectivity index (χ3n) is 9.65. The van der Waals surface area contributed by atoms with Crippen LogP contribution < -0.4 is 0 Å². The maximum Gasteiger partial charge on any atom is 0.0702 e. The lowest BCUT2D eigenvalue weighted by atomic mass is 9.86. The van der Waals surface area contributed by atoms with E-state index in [0.717, 1.165) is 89.6 Å². The minimum atomic E-state index is 0.788. The molecule has 5 aromatic carbocycles. The number of nitrogens with zero attached hydrogens (tertiary/aromatic N) is 4. The van der Waals surface area contributed by atoms with Gasteiger partial charge in [-0.3, -0.25) is 20.0 Å². The van der Waals surface area contributed by atoms with Gasteiger partial charge in [-0.05, 0) is 83.2 Å². The van der Waals surface area contributed by atoms with Crippen molar-refractivity contribution in [3.63, 3.8) is 0 Å². The first-order chi connectivity index (χ1) is 27.5. The molecule has 0 radical (unpaired) electrons. The second kappa shape index (κ2) is 17.7. The average Bonchev–Trinajstić information content (AvgIpc) is 3.28. The minimum absolute atomic E-state index is 0.788. The van der Waals surface area contributed by atoms with Crippen molar-refractivity contribution in [1.29, 1.82) is 0 Å². The fraction of sp³-hybridized carbons (Fsp3) is 0.0385. The zero-order valence-corrected chi connectivity index (χ0v) is 31.7. The lowest BCUT2D eigenvalue weighted by Gasteiger charge is -2.19. The van der Waals surface area contributed by atoms with E-state index < -0.39 is 0 Å². The molecule has 0 unspecified atom stereocenters. The van der Waals surface area contributed by atoms with Crippen molar-refractivity contribution in [3.05, 3.63) is 230 Å². The molecule has 0 saturated carbocycles. The second-order valence-electron chi connectivity index (χ2n) is 13.3. The van der Waals surface area contributed by atoms with Gasteiger partial charge in [0, 0.05) is 58.3 Å². The van der Waals surface area contributed by atoms with Gasteiger partial charge in [-0.1, -0.05) is 153 Å². The molecule has 2 heterocycles. The summed E-state index contributed by atoms with van der Waals surface area (Å²) in [6, 6.07) is 53.6. The summed E-state index contributed by atoms with van der Waals surface area (Å²) in [6.45, 7) is 12.4. The Morgan fingerprint density at radius 3 is 1.43 bits per heavy atom. The second-order valence-corrected chi connectivity index (χ2v) is 13.3. The predicted octanol–water partition coefficient (Wildman–Crippen LogP) is 13.2. The van der Waals surface area contributed by atoms with Gasteiger partial charge >= 0.3 is 0 Å². The van der Waals surface area contributed by atoms with E-state index in [1.54, 1.807) is 6.08 Å². The SMILES string of the molecule is C=CC(=N/C=C(\C)c1cc(-c2ccc(-c3ccccc3)nc2)c(-c2ccc(-c3ccccc3)nc2)cc1/C(C=C)=C/N=C(C)c1ccccc1)c1ccccc1. The predicted molar refractivity (Wildman–Crippen MR) is 237 cm³/mol. The zero-order valence-electron chi connectivity index (χ0n) is 31.7. The van der Waals surface area contributed by atoms with E-state index in [2.05, 4.69) is 92.9 Å². The number of aliphatic imine (C=N–C) groups is 2. The van der Waals surface area contributed by atoms with Crippen LogP contribution in [0.5, 0.6) is 0 Å². The van der Waals surface area contributed by atoms with Gasteiger partial charge in [0.25, 0.3) is 0 Å². The zero-order chi connectivity index (χ0) is 38.7. The maximum atomic E-state index is 4.94. The fourth-order valence-corrected chi connectivity index (χ4v) is 6.55. The van der Waals surface area contributed by atoms with Crippen LogP contribution in [0.15, 0.2) is 218 Å². The smallest absolute Gasteiger partial charge is 0.0702 e. The van der Waals surface area contributed by atoms with Crippen molar-refractivity contribution in [2.24, 2.45) is 9.98 Å². The van der Waals surface area contributed by atoms with Crippen molar-refractivity contribution in [3.8, 4) is 44.8 Å². The molecule has 2 aromatic heterocycles. The summed E-state index contributed by atoms with van der Waals surface area (Å²) in [4.78, 5) is 19.7. The van der Waals surface area contributed by atoms with Crippen LogP contribution >= 0.6 is 0 Å². The fourth-order valence-electron chi connectivity index (χ4n) is 6.55. The molecular weight excluding hydrogens is 681 g/mol. The summed E-state index contributed by atoms with van der Waals surface area (Å²) in [5.74, 6) is 0. The van der Waals surface area contributed by atoms with Crippen molar-refractivity contribution >= 4 is 22.6 Å². The van der Waals surface area contributed by atoms with Gasteiger partial charge in [-0.15, -0.1) is 0 Å². The molecule has 0 aliphatic heterocycles. The van der Waals surface area contributed by atoms with Crippen LogP contribution in [-0.4, -0.2) is 21.4 Å². The Hall–Kier alpha value is -7.30. The van der Waals surface area contributed by atoms with Gasteiger partial charge < -0.3 is 0 Å². The Balaban J connectivity index is 1.44. The molecule has 56 heavy (non-hydrogen) atoms. The molecule has 4 nitrogen and oxygen atoms in total. The maximum absolute atomic E-state index is 4.94. The van der Waals surface area contributed by atoms with Gasteiger partial charge in [0.05, 0.1) is 17.1 Å². The monoisotopic (exact) mass is 722 g/mol. The molecular formula is C52H42N4. The first-order valence-electron chi connectivity index (χ1n) is 18.6. The van der Waals surface area contributed by atoms with Crippen molar-refractivity contribution < 1.29 is 0 Å². The molecule has 0 amide bonds. The molecule has 7 aromatic rings. The summed E-state index contributed by atoms with van der Waals surface area (Å²) in [7, 11) is 0. The van der Waals surface area contributed by atoms with E-state index in [1.807, 2.05) is 123 Å². The highest BCUT2D eigenvalue weighted by atomic mass is 14.7. The average molecular weight is 723 g/mol. The van der Waals surface area contributed by atoms with Gasteiger partial charge in [0.15, 0.2) is 0 Å². The van der Waals surface area contributed by atoms with Crippen LogP contribution in [-0.2, 0) is 0 Å². The van der Waals surface area contributed by atoms with Gasteiger partial charge in [0.1, 0.15) is 0 Å². The normalized spacial score (nSPS) is 12.3. The van der Waals surface area contributed by atoms with Crippen molar-refractivity contribution in [1.82, 2.24) is 9.97 Å². The van der Waals surface area contributed by atoms with Crippen LogP contribution in [0.4, 0.5) is 0 Å². The molecule has 0 aliphatic rings. The van der Waals surface area contributed by atoms with Gasteiger partial charge in [-0.2, -0.15) is 0 Å². The Kier molecular flexibility index (Phi) is 11.7. The summed E-state index contributed by atoms with van der Waals surface area (Å²) in [6.07, 6.45) is 11.4. The van der Waals surface area contributed by atoms with E-state index in [0.29, 0.717) is 0 Å². The summed E-state index contributed by atoms with van der Waals surface area (Å²) in [5, 5.41) is 0. The molecule has 0 spiro atoms. The topological polar surface area (TPSA) is 50.5 Å². The summed E-state index contributed by atoms with van der Waals surface area (Å²) < 4.78 is 0. The largest absolute Gasteiger partial charge is 0.260 e. The number of pyridine rings is 2. The van der Waals surface area contributed by atoms with Crippen LogP contribution in [0.2, 0.25) is 0 Å². The summed E-state index contributed by atoms with van der Waals surface area (Å²) in [5.41, 5.74) is 15.5. The van der Waals surface area contributed by atoms with E-state index >= 15 is 0 Å². The van der Waals surface area contributed by atoms with Gasteiger partial charge in [-0.25, -0.2) is 0 Å². The number of aromatic nitrogens is 2. The Morgan fingerprint density at radius 1 is 0.482 bits per heavy atom. The minimum Gasteiger partial charge on any atom is -0.260 e. The molecule has 270 valence electrons. The quantitative estimate of drug-likeness (QED) is 0.0931. The molecule has 0 bridgehead atoms. The molecule has 0 fully saturated rings. The molecule has 7 rings (SSSR count). The lowest BCUT2D eigenvalue weighted by Crippen LogP contribution is -1.98. The van der Waals surface area contributed by atoms with Crippen LogP contribution in [0.3, 0.4) is 0 Å². The number of hydrogen-bond donors (Lipinski definition) is 0. The first-order valence-corrected chi connectivity index (χ1v) is 18.6. The van der Waals surface area contributed by atoms with E-state index in [-0.39, 0.29) is 0 Å². The third-order valence-corrected chi connectivity index (χ3v) is 9.65. The molecule has 4 heteroatoms. The van der Waals surface area contributed by atoms with Crippen LogP contribution in [0.1, 0.15) is 36.1 Å². The standard InChI is InChI=1S/C52H42N4/c1-5-39(34-53-38(4)40-19-11-7-12-20-40)47-32-49(45-28-30-52(56-36-45)43-25-17-10-18-26-43)48(44-27-29-51(55-35-44)42-23-15-9-16-24-42)31-46(47)37(3)33-54-50(6-2)41-21-13-8-14-22-41/h5-36H,1-2H2,3-4H3/b37-33+,39-34+,53-38?,54-50?. The van der Waals surface area contributed by atoms with Crippen molar-refractivity contribution in [2.75, 3.05) is 0 Å². The molecule has 0 saturated heterocycles. The lowest BCUT2D eigenvalue weighted by molar-refractivity contribution is 1.31. The van der Waals surface area contributed by atoms with Gasteiger partial charge in [0.2, 0.25) is 0 Å². The molecule has 0 atom stereocenters. The van der Waals surface area contributed by atoms with Crippen LogP contribution in [0, 0.1) is 0 Å². The third kappa shape index (κ3) is 8.57. The highest BCUT2D eigenvalue weighted by Gasteiger charge is 2.18.